The fourth-order valence-electron chi connectivity index (χ4n) is 2.21. The molecule has 1 heterocycles. The Kier molecular flexibility index (Phi) is 5.43. The molecule has 0 saturated carbocycles. The molecular weight excluding hydrogens is 306 g/mol. The number of thioether (sulfide) groups is 1. The summed E-state index contributed by atoms with van der Waals surface area (Å²) in [6.45, 7) is 2.07. The van der Waals surface area contributed by atoms with Crippen LogP contribution >= 0.6 is 11.8 Å². The van der Waals surface area contributed by atoms with Gasteiger partial charge in [-0.1, -0.05) is 23.9 Å². The molecule has 1 fully saturated rings. The summed E-state index contributed by atoms with van der Waals surface area (Å²) >= 11 is 0.984. The standard InChI is InChI=1S/C15H17NO5S/c1-3-21-13(17)8-10-6-9(4-5-11(10)20-2)7-12-14(18)16-15(19)22-12/h4-6,12H,3,7-8H2,1-2H3,(H,16,18,19). The van der Waals surface area contributed by atoms with Crippen LogP contribution in [0.15, 0.2) is 18.2 Å². The van der Waals surface area contributed by atoms with E-state index in [1.807, 2.05) is 12.1 Å². The molecule has 22 heavy (non-hydrogen) atoms. The Bertz CT molecular complexity index is 602. The maximum absolute atomic E-state index is 11.6. The molecule has 1 saturated heterocycles. The zero-order valence-corrected chi connectivity index (χ0v) is 13.2. The minimum Gasteiger partial charge on any atom is -0.496 e. The van der Waals surface area contributed by atoms with Gasteiger partial charge in [-0.3, -0.25) is 19.7 Å². The molecule has 0 spiro atoms. The van der Waals surface area contributed by atoms with E-state index in [4.69, 9.17) is 9.47 Å². The van der Waals surface area contributed by atoms with E-state index in [2.05, 4.69) is 5.32 Å². The van der Waals surface area contributed by atoms with E-state index < -0.39 is 5.25 Å². The van der Waals surface area contributed by atoms with Crippen LogP contribution in [-0.4, -0.2) is 36.1 Å². The molecule has 0 aliphatic carbocycles. The highest BCUT2D eigenvalue weighted by atomic mass is 32.2. The van der Waals surface area contributed by atoms with E-state index >= 15 is 0 Å². The molecule has 1 aromatic rings. The number of esters is 1. The molecular formula is C15H17NO5S. The van der Waals surface area contributed by atoms with E-state index in [1.54, 1.807) is 13.0 Å². The molecule has 6 nitrogen and oxygen atoms in total. The summed E-state index contributed by atoms with van der Waals surface area (Å²) < 4.78 is 10.2. The third kappa shape index (κ3) is 4.00. The molecule has 0 bridgehead atoms. The molecule has 1 aliphatic heterocycles. The molecule has 1 aromatic carbocycles. The van der Waals surface area contributed by atoms with Crippen molar-refractivity contribution in [3.05, 3.63) is 29.3 Å². The first-order chi connectivity index (χ1) is 10.5. The second kappa shape index (κ2) is 7.31. The van der Waals surface area contributed by atoms with Crippen molar-refractivity contribution in [2.45, 2.75) is 25.0 Å². The van der Waals surface area contributed by atoms with Gasteiger partial charge >= 0.3 is 5.97 Å². The second-order valence-corrected chi connectivity index (χ2v) is 5.89. The van der Waals surface area contributed by atoms with Crippen molar-refractivity contribution >= 4 is 28.9 Å². The fourth-order valence-corrected chi connectivity index (χ4v) is 3.07. The van der Waals surface area contributed by atoms with E-state index in [-0.39, 0.29) is 23.5 Å². The summed E-state index contributed by atoms with van der Waals surface area (Å²) in [4.78, 5) is 34.4. The summed E-state index contributed by atoms with van der Waals surface area (Å²) in [6.07, 6.45) is 0.524. The second-order valence-electron chi connectivity index (χ2n) is 4.72. The third-order valence-electron chi connectivity index (χ3n) is 3.17. The van der Waals surface area contributed by atoms with Gasteiger partial charge in [0.2, 0.25) is 5.91 Å². The van der Waals surface area contributed by atoms with Gasteiger partial charge in [0.1, 0.15) is 5.75 Å². The van der Waals surface area contributed by atoms with E-state index in [0.29, 0.717) is 24.3 Å². The van der Waals surface area contributed by atoms with Gasteiger partial charge < -0.3 is 9.47 Å². The Hall–Kier alpha value is -2.02. The average molecular weight is 323 g/mol. The van der Waals surface area contributed by atoms with Crippen molar-refractivity contribution in [2.75, 3.05) is 13.7 Å². The predicted octanol–water partition coefficient (Wildman–Crippen LogP) is 1.69. The molecule has 2 rings (SSSR count). The van der Waals surface area contributed by atoms with Crippen LogP contribution < -0.4 is 10.1 Å². The first-order valence-electron chi connectivity index (χ1n) is 6.86. The van der Waals surface area contributed by atoms with Gasteiger partial charge in [-0.2, -0.15) is 0 Å². The number of nitrogens with one attached hydrogen (secondary N) is 1. The third-order valence-corrected chi connectivity index (χ3v) is 4.15. The maximum Gasteiger partial charge on any atom is 0.310 e. The molecule has 0 aromatic heterocycles. The predicted molar refractivity (Wildman–Crippen MR) is 82.0 cm³/mol. The highest BCUT2D eigenvalue weighted by Gasteiger charge is 2.31. The Morgan fingerprint density at radius 3 is 2.73 bits per heavy atom. The van der Waals surface area contributed by atoms with Gasteiger partial charge in [0.15, 0.2) is 0 Å². The largest absolute Gasteiger partial charge is 0.496 e. The summed E-state index contributed by atoms with van der Waals surface area (Å²) in [7, 11) is 1.53. The lowest BCUT2D eigenvalue weighted by molar-refractivity contribution is -0.142. The van der Waals surface area contributed by atoms with Crippen molar-refractivity contribution in [1.29, 1.82) is 0 Å². The molecule has 1 N–H and O–H groups in total. The van der Waals surface area contributed by atoms with Crippen LogP contribution in [0.4, 0.5) is 4.79 Å². The van der Waals surface area contributed by atoms with Gasteiger partial charge in [-0.25, -0.2) is 0 Å². The number of imide groups is 1. The number of amides is 2. The number of carbonyl (C=O) groups is 3. The van der Waals surface area contributed by atoms with Crippen molar-refractivity contribution in [3.8, 4) is 5.75 Å². The lowest BCUT2D eigenvalue weighted by atomic mass is 10.0. The molecule has 1 unspecified atom stereocenters. The average Bonchev–Trinajstić information content (AvgIpc) is 2.77. The van der Waals surface area contributed by atoms with Crippen LogP contribution in [-0.2, 0) is 27.2 Å². The number of hydrogen-bond donors (Lipinski definition) is 1. The first-order valence-corrected chi connectivity index (χ1v) is 7.74. The van der Waals surface area contributed by atoms with E-state index in [9.17, 15) is 14.4 Å². The Balaban J connectivity index is 2.14. The van der Waals surface area contributed by atoms with Crippen molar-refractivity contribution in [2.24, 2.45) is 0 Å². The minimum absolute atomic E-state index is 0.105. The van der Waals surface area contributed by atoms with Crippen molar-refractivity contribution in [3.63, 3.8) is 0 Å². The fraction of sp³-hybridized carbons (Fsp3) is 0.400. The highest BCUT2D eigenvalue weighted by Crippen LogP contribution is 2.26. The maximum atomic E-state index is 11.6. The van der Waals surface area contributed by atoms with E-state index in [0.717, 1.165) is 17.3 Å². The molecule has 2 amide bonds. The van der Waals surface area contributed by atoms with Crippen LogP contribution in [0.2, 0.25) is 0 Å². The quantitative estimate of drug-likeness (QED) is 0.802. The number of benzene rings is 1. The summed E-state index contributed by atoms with van der Waals surface area (Å²) in [6, 6.07) is 5.39. The first kappa shape index (κ1) is 16.4. The smallest absolute Gasteiger partial charge is 0.310 e. The number of hydrogen-bond acceptors (Lipinski definition) is 6. The van der Waals surface area contributed by atoms with Gasteiger partial charge in [-0.15, -0.1) is 0 Å². The van der Waals surface area contributed by atoms with Crippen LogP contribution in [0.5, 0.6) is 5.75 Å². The van der Waals surface area contributed by atoms with Gasteiger partial charge in [0, 0.05) is 5.56 Å². The van der Waals surface area contributed by atoms with Gasteiger partial charge in [0.05, 0.1) is 25.4 Å². The Morgan fingerprint density at radius 2 is 2.14 bits per heavy atom. The number of ether oxygens (including phenoxy) is 2. The summed E-state index contributed by atoms with van der Waals surface area (Å²) in [5.41, 5.74) is 1.57. The lowest BCUT2D eigenvalue weighted by Gasteiger charge is -2.11. The van der Waals surface area contributed by atoms with Crippen LogP contribution in [0.1, 0.15) is 18.1 Å². The number of rotatable bonds is 6. The van der Waals surface area contributed by atoms with Crippen molar-refractivity contribution < 1.29 is 23.9 Å². The normalized spacial score (nSPS) is 17.3. The number of carbonyl (C=O) groups excluding carboxylic acids is 3. The lowest BCUT2D eigenvalue weighted by Crippen LogP contribution is -2.25. The zero-order chi connectivity index (χ0) is 16.1. The monoisotopic (exact) mass is 323 g/mol. The summed E-state index contributed by atoms with van der Waals surface area (Å²) in [5.74, 6) is -0.0183. The molecule has 1 aliphatic rings. The number of methoxy groups -OCH3 is 1. The SMILES string of the molecule is CCOC(=O)Cc1cc(CC2SC(=O)NC2=O)ccc1OC. The summed E-state index contributed by atoms with van der Waals surface area (Å²) in [5, 5.41) is 1.50. The van der Waals surface area contributed by atoms with Crippen LogP contribution in [0.25, 0.3) is 0 Å². The van der Waals surface area contributed by atoms with Gasteiger partial charge in [0.25, 0.3) is 5.24 Å². The topological polar surface area (TPSA) is 81.7 Å². The molecule has 118 valence electrons. The zero-order valence-electron chi connectivity index (χ0n) is 12.4. The Labute approximate surface area is 132 Å². The van der Waals surface area contributed by atoms with Crippen LogP contribution in [0.3, 0.4) is 0 Å². The Morgan fingerprint density at radius 1 is 1.36 bits per heavy atom. The highest BCUT2D eigenvalue weighted by molar-refractivity contribution is 8.15. The van der Waals surface area contributed by atoms with Crippen LogP contribution in [0, 0.1) is 0 Å². The molecule has 1 atom stereocenters. The minimum atomic E-state index is -0.434. The molecule has 7 heteroatoms. The molecule has 0 radical (unpaired) electrons. The van der Waals surface area contributed by atoms with Crippen molar-refractivity contribution in [1.82, 2.24) is 5.32 Å². The van der Waals surface area contributed by atoms with Gasteiger partial charge in [-0.05, 0) is 25.0 Å². The van der Waals surface area contributed by atoms with E-state index in [1.165, 1.54) is 7.11 Å².